The highest BCUT2D eigenvalue weighted by Crippen LogP contribution is 2.19. The minimum Gasteiger partial charge on any atom is -0.483 e. The van der Waals surface area contributed by atoms with Gasteiger partial charge in [-0.1, -0.05) is 0 Å². The fourth-order valence-electron chi connectivity index (χ4n) is 3.45. The van der Waals surface area contributed by atoms with E-state index in [0.29, 0.717) is 25.7 Å². The first-order valence-electron chi connectivity index (χ1n) is 9.82. The average molecular weight is 393 g/mol. The molecule has 2 saturated heterocycles. The lowest BCUT2D eigenvalue weighted by molar-refractivity contribution is -0.122. The fourth-order valence-corrected chi connectivity index (χ4v) is 3.45. The maximum Gasteiger partial charge on any atom is 0.317 e. The summed E-state index contributed by atoms with van der Waals surface area (Å²) >= 11 is 0. The SMILES string of the molecule is Cc1ncnc(N2CCN(C(=O)NCCC3CCCCO3)CC2)c1C.O=CO. The maximum absolute atomic E-state index is 12.3. The van der Waals surface area contributed by atoms with Crippen LogP contribution in [0.2, 0.25) is 0 Å². The number of anilines is 1. The molecular weight excluding hydrogens is 362 g/mol. The van der Waals surface area contributed by atoms with Crippen LogP contribution in [0.5, 0.6) is 0 Å². The summed E-state index contributed by atoms with van der Waals surface area (Å²) in [5.41, 5.74) is 2.13. The number of hydrogen-bond acceptors (Lipinski definition) is 6. The summed E-state index contributed by atoms with van der Waals surface area (Å²) in [4.78, 5) is 33.5. The van der Waals surface area contributed by atoms with Crippen molar-refractivity contribution in [1.29, 1.82) is 0 Å². The van der Waals surface area contributed by atoms with E-state index in [4.69, 9.17) is 14.6 Å². The number of hydrogen-bond donors (Lipinski definition) is 2. The lowest BCUT2D eigenvalue weighted by Gasteiger charge is -2.36. The molecule has 9 heteroatoms. The molecule has 2 N–H and O–H groups in total. The zero-order valence-corrected chi connectivity index (χ0v) is 16.8. The van der Waals surface area contributed by atoms with E-state index < -0.39 is 0 Å². The number of carbonyl (C=O) groups excluding carboxylic acids is 1. The van der Waals surface area contributed by atoms with Crippen LogP contribution in [0, 0.1) is 13.8 Å². The highest BCUT2D eigenvalue weighted by atomic mass is 16.5. The van der Waals surface area contributed by atoms with Crippen LogP contribution in [0.3, 0.4) is 0 Å². The topological polar surface area (TPSA) is 108 Å². The van der Waals surface area contributed by atoms with Crippen molar-refractivity contribution in [2.45, 2.75) is 45.6 Å². The van der Waals surface area contributed by atoms with Crippen LogP contribution >= 0.6 is 0 Å². The van der Waals surface area contributed by atoms with E-state index in [1.165, 1.54) is 12.8 Å². The fraction of sp³-hybridized carbons (Fsp3) is 0.684. The molecular formula is C19H31N5O4. The first kappa shape index (κ1) is 21.9. The van der Waals surface area contributed by atoms with Crippen molar-refractivity contribution in [2.24, 2.45) is 0 Å². The minimum atomic E-state index is -0.250. The molecule has 0 spiro atoms. The van der Waals surface area contributed by atoms with E-state index in [1.807, 2.05) is 11.8 Å². The van der Waals surface area contributed by atoms with Gasteiger partial charge in [-0.25, -0.2) is 14.8 Å². The van der Waals surface area contributed by atoms with Gasteiger partial charge in [0.1, 0.15) is 12.1 Å². The van der Waals surface area contributed by atoms with Gasteiger partial charge in [0.15, 0.2) is 0 Å². The molecule has 2 aliphatic rings. The van der Waals surface area contributed by atoms with Crippen LogP contribution in [-0.2, 0) is 9.53 Å². The Morgan fingerprint density at radius 2 is 2.00 bits per heavy atom. The molecule has 0 aliphatic carbocycles. The van der Waals surface area contributed by atoms with Crippen molar-refractivity contribution in [3.8, 4) is 0 Å². The summed E-state index contributed by atoms with van der Waals surface area (Å²) < 4.78 is 5.71. The monoisotopic (exact) mass is 393 g/mol. The smallest absolute Gasteiger partial charge is 0.317 e. The number of urea groups is 1. The van der Waals surface area contributed by atoms with Gasteiger partial charge in [0.2, 0.25) is 0 Å². The molecule has 3 heterocycles. The third kappa shape index (κ3) is 6.33. The van der Waals surface area contributed by atoms with Crippen molar-refractivity contribution >= 4 is 18.3 Å². The van der Waals surface area contributed by atoms with Crippen LogP contribution in [0.1, 0.15) is 36.9 Å². The van der Waals surface area contributed by atoms with Gasteiger partial charge >= 0.3 is 6.03 Å². The number of rotatable bonds is 4. The number of amides is 2. The molecule has 0 aromatic carbocycles. The molecule has 0 radical (unpaired) electrons. The van der Waals surface area contributed by atoms with Gasteiger partial charge in [-0.05, 0) is 39.5 Å². The van der Waals surface area contributed by atoms with Crippen LogP contribution in [0.4, 0.5) is 10.6 Å². The molecule has 2 amide bonds. The second-order valence-electron chi connectivity index (χ2n) is 7.00. The van der Waals surface area contributed by atoms with E-state index in [9.17, 15) is 4.79 Å². The predicted octanol–water partition coefficient (Wildman–Crippen LogP) is 1.59. The second-order valence-corrected chi connectivity index (χ2v) is 7.00. The number of aromatic nitrogens is 2. The van der Waals surface area contributed by atoms with Gasteiger partial charge in [0.05, 0.1) is 6.10 Å². The van der Waals surface area contributed by atoms with Gasteiger partial charge in [0, 0.05) is 50.6 Å². The van der Waals surface area contributed by atoms with E-state index in [1.54, 1.807) is 6.33 Å². The zero-order valence-electron chi connectivity index (χ0n) is 16.8. The Kier molecular flexibility index (Phi) is 8.93. The number of nitrogens with one attached hydrogen (secondary N) is 1. The average Bonchev–Trinajstić information content (AvgIpc) is 2.71. The second kappa shape index (κ2) is 11.4. The third-order valence-corrected chi connectivity index (χ3v) is 5.19. The summed E-state index contributed by atoms with van der Waals surface area (Å²) in [6, 6.07) is 0.0334. The quantitative estimate of drug-likeness (QED) is 0.748. The predicted molar refractivity (Wildman–Crippen MR) is 106 cm³/mol. The van der Waals surface area contributed by atoms with Gasteiger partial charge in [0.25, 0.3) is 6.47 Å². The molecule has 3 rings (SSSR count). The molecule has 2 aliphatic heterocycles. The van der Waals surface area contributed by atoms with Crippen molar-refractivity contribution in [1.82, 2.24) is 20.2 Å². The maximum atomic E-state index is 12.3. The van der Waals surface area contributed by atoms with Gasteiger partial charge in [-0.15, -0.1) is 0 Å². The molecule has 1 unspecified atom stereocenters. The third-order valence-electron chi connectivity index (χ3n) is 5.19. The Hall–Kier alpha value is -2.42. The standard InChI is InChI=1S/C18H29N5O2.CH2O2/c1-14-15(2)20-13-21-17(14)22-8-10-23(11-9-22)18(24)19-7-6-16-5-3-4-12-25-16;2-1-3/h13,16H,3-12H2,1-2H3,(H,19,24);1H,(H,2,3). The van der Waals surface area contributed by atoms with E-state index >= 15 is 0 Å². The molecule has 1 aromatic rings. The van der Waals surface area contributed by atoms with Crippen LogP contribution in [0.25, 0.3) is 0 Å². The number of aryl methyl sites for hydroxylation is 1. The Morgan fingerprint density at radius 3 is 2.64 bits per heavy atom. The Labute approximate surface area is 166 Å². The number of piperazine rings is 1. The first-order chi connectivity index (χ1) is 13.6. The van der Waals surface area contributed by atoms with Crippen LogP contribution < -0.4 is 10.2 Å². The summed E-state index contributed by atoms with van der Waals surface area (Å²) in [6.07, 6.45) is 6.36. The number of nitrogens with zero attached hydrogens (tertiary/aromatic N) is 4. The van der Waals surface area contributed by atoms with Gasteiger partial charge in [-0.2, -0.15) is 0 Å². The van der Waals surface area contributed by atoms with Crippen molar-refractivity contribution in [2.75, 3.05) is 44.2 Å². The molecule has 28 heavy (non-hydrogen) atoms. The molecule has 0 saturated carbocycles. The molecule has 156 valence electrons. The summed E-state index contributed by atoms with van der Waals surface area (Å²) in [7, 11) is 0. The molecule has 9 nitrogen and oxygen atoms in total. The summed E-state index contributed by atoms with van der Waals surface area (Å²) in [6.45, 7) is 8.39. The van der Waals surface area contributed by atoms with Crippen molar-refractivity contribution < 1.29 is 19.4 Å². The van der Waals surface area contributed by atoms with E-state index in [0.717, 1.165) is 49.6 Å². The highest BCUT2D eigenvalue weighted by Gasteiger charge is 2.23. The van der Waals surface area contributed by atoms with E-state index in [-0.39, 0.29) is 12.5 Å². The van der Waals surface area contributed by atoms with Gasteiger partial charge < -0.3 is 25.0 Å². The zero-order chi connectivity index (χ0) is 20.4. The highest BCUT2D eigenvalue weighted by molar-refractivity contribution is 5.74. The van der Waals surface area contributed by atoms with Crippen LogP contribution in [0.15, 0.2) is 6.33 Å². The molecule has 2 fully saturated rings. The molecule has 1 aromatic heterocycles. The Bertz CT molecular complexity index is 629. The van der Waals surface area contributed by atoms with Crippen molar-refractivity contribution in [3.63, 3.8) is 0 Å². The Morgan fingerprint density at radius 1 is 1.29 bits per heavy atom. The van der Waals surface area contributed by atoms with Crippen molar-refractivity contribution in [3.05, 3.63) is 17.6 Å². The molecule has 1 atom stereocenters. The Balaban J connectivity index is 0.000000878. The van der Waals surface area contributed by atoms with E-state index in [2.05, 4.69) is 27.1 Å². The van der Waals surface area contributed by atoms with Gasteiger partial charge in [-0.3, -0.25) is 4.79 Å². The lowest BCUT2D eigenvalue weighted by Crippen LogP contribution is -2.52. The van der Waals surface area contributed by atoms with Crippen LogP contribution in [-0.4, -0.2) is 77.9 Å². The summed E-state index contributed by atoms with van der Waals surface area (Å²) in [5.74, 6) is 0.988. The lowest BCUT2D eigenvalue weighted by atomic mass is 10.1. The number of carboxylic acid groups (broad SMARTS) is 1. The number of carbonyl (C=O) groups is 2. The number of ether oxygens (including phenoxy) is 1. The largest absolute Gasteiger partial charge is 0.483 e. The molecule has 0 bridgehead atoms. The minimum absolute atomic E-state index is 0.0334. The normalized spacial score (nSPS) is 19.4. The summed E-state index contributed by atoms with van der Waals surface area (Å²) in [5, 5.41) is 9.93. The first-order valence-corrected chi connectivity index (χ1v) is 9.82.